The lowest BCUT2D eigenvalue weighted by Gasteiger charge is -2.18. The number of hydrogen-bond acceptors (Lipinski definition) is 6. The molecule has 0 radical (unpaired) electrons. The van der Waals surface area contributed by atoms with Gasteiger partial charge in [0.15, 0.2) is 0 Å². The summed E-state index contributed by atoms with van der Waals surface area (Å²) in [5.41, 5.74) is 3.61. The average molecular weight is 283 g/mol. The Labute approximate surface area is 120 Å². The van der Waals surface area contributed by atoms with Gasteiger partial charge in [-0.3, -0.25) is 0 Å². The number of nitrogen functional groups attached to an aromatic ring is 1. The molecular weight excluding hydrogens is 258 g/mol. The van der Waals surface area contributed by atoms with Gasteiger partial charge in [0, 0.05) is 18.0 Å². The van der Waals surface area contributed by atoms with Crippen molar-refractivity contribution in [2.24, 2.45) is 5.84 Å². The summed E-state index contributed by atoms with van der Waals surface area (Å²) in [6, 6.07) is 0.392. The van der Waals surface area contributed by atoms with Crippen LogP contribution in [0.3, 0.4) is 0 Å². The molecular formula is C13H25N5S. The van der Waals surface area contributed by atoms with Crippen LogP contribution in [0.5, 0.6) is 0 Å². The van der Waals surface area contributed by atoms with Gasteiger partial charge in [-0.05, 0) is 31.8 Å². The lowest BCUT2D eigenvalue weighted by Crippen LogP contribution is -2.20. The zero-order valence-electron chi connectivity index (χ0n) is 12.3. The first kappa shape index (κ1) is 16.0. The lowest BCUT2D eigenvalue weighted by atomic mass is 10.2. The van der Waals surface area contributed by atoms with Crippen LogP contribution >= 0.6 is 11.8 Å². The first-order valence-corrected chi connectivity index (χ1v) is 7.96. The van der Waals surface area contributed by atoms with E-state index in [4.69, 9.17) is 5.84 Å². The van der Waals surface area contributed by atoms with Crippen LogP contribution in [0.1, 0.15) is 38.6 Å². The summed E-state index contributed by atoms with van der Waals surface area (Å²) in [5.74, 6) is 10.2. The minimum Gasteiger partial charge on any atom is -0.367 e. The standard InChI is InChI=1S/C13H25N5S/c1-5-11-16-12(10(4)13(17-11)18-14)15-9(3)7-8-19-6-2/h9H,5-8,14H2,1-4H3,(H2,15,16,17,18). The van der Waals surface area contributed by atoms with Crippen molar-refractivity contribution in [3.63, 3.8) is 0 Å². The Morgan fingerprint density at radius 1 is 1.26 bits per heavy atom. The van der Waals surface area contributed by atoms with Crippen molar-refractivity contribution < 1.29 is 0 Å². The van der Waals surface area contributed by atoms with E-state index in [0.29, 0.717) is 11.9 Å². The molecule has 0 aromatic carbocycles. The van der Waals surface area contributed by atoms with Crippen LogP contribution < -0.4 is 16.6 Å². The molecule has 4 N–H and O–H groups in total. The minimum atomic E-state index is 0.392. The topological polar surface area (TPSA) is 75.9 Å². The van der Waals surface area contributed by atoms with Crippen molar-refractivity contribution in [2.75, 3.05) is 22.2 Å². The van der Waals surface area contributed by atoms with Crippen molar-refractivity contribution in [1.82, 2.24) is 9.97 Å². The molecule has 6 heteroatoms. The summed E-state index contributed by atoms with van der Waals surface area (Å²) in [4.78, 5) is 8.90. The molecule has 0 aliphatic rings. The van der Waals surface area contributed by atoms with Crippen LogP contribution in [0.4, 0.5) is 11.6 Å². The zero-order valence-corrected chi connectivity index (χ0v) is 13.1. The maximum Gasteiger partial charge on any atom is 0.148 e. The van der Waals surface area contributed by atoms with Gasteiger partial charge in [-0.25, -0.2) is 15.8 Å². The van der Waals surface area contributed by atoms with E-state index in [0.717, 1.165) is 35.8 Å². The number of nitrogens with zero attached hydrogens (tertiary/aromatic N) is 2. The Hall–Kier alpha value is -1.01. The third kappa shape index (κ3) is 4.87. The van der Waals surface area contributed by atoms with E-state index in [1.807, 2.05) is 25.6 Å². The molecule has 1 heterocycles. The highest BCUT2D eigenvalue weighted by Crippen LogP contribution is 2.20. The van der Waals surface area contributed by atoms with Gasteiger partial charge in [0.25, 0.3) is 0 Å². The van der Waals surface area contributed by atoms with E-state index < -0.39 is 0 Å². The van der Waals surface area contributed by atoms with Gasteiger partial charge >= 0.3 is 0 Å². The van der Waals surface area contributed by atoms with Gasteiger partial charge in [-0.1, -0.05) is 13.8 Å². The maximum atomic E-state index is 5.50. The number of hydrazine groups is 1. The number of anilines is 2. The highest BCUT2D eigenvalue weighted by molar-refractivity contribution is 7.99. The van der Waals surface area contributed by atoms with E-state index in [-0.39, 0.29) is 0 Å². The van der Waals surface area contributed by atoms with Crippen molar-refractivity contribution in [1.29, 1.82) is 0 Å². The molecule has 1 unspecified atom stereocenters. The first-order valence-electron chi connectivity index (χ1n) is 6.80. The van der Waals surface area contributed by atoms with Gasteiger partial charge in [0.05, 0.1) is 0 Å². The van der Waals surface area contributed by atoms with Crippen LogP contribution in [0.25, 0.3) is 0 Å². The van der Waals surface area contributed by atoms with Gasteiger partial charge < -0.3 is 10.7 Å². The highest BCUT2D eigenvalue weighted by atomic mass is 32.2. The number of aryl methyl sites for hydroxylation is 1. The summed E-state index contributed by atoms with van der Waals surface area (Å²) in [7, 11) is 0. The second-order valence-electron chi connectivity index (χ2n) is 4.49. The summed E-state index contributed by atoms with van der Waals surface area (Å²) >= 11 is 1.96. The Kier molecular flexibility index (Phi) is 6.94. The molecule has 1 atom stereocenters. The van der Waals surface area contributed by atoms with Crippen molar-refractivity contribution in [3.8, 4) is 0 Å². The Morgan fingerprint density at radius 2 is 1.95 bits per heavy atom. The predicted octanol–water partition coefficient (Wildman–Crippen LogP) is 2.58. The van der Waals surface area contributed by atoms with Crippen LogP contribution in [0.15, 0.2) is 0 Å². The molecule has 19 heavy (non-hydrogen) atoms. The Bertz CT molecular complexity index is 397. The van der Waals surface area contributed by atoms with Crippen LogP contribution in [-0.4, -0.2) is 27.5 Å². The Morgan fingerprint density at radius 3 is 2.53 bits per heavy atom. The van der Waals surface area contributed by atoms with Gasteiger partial charge in [0.1, 0.15) is 17.5 Å². The third-order valence-electron chi connectivity index (χ3n) is 2.93. The normalized spacial score (nSPS) is 12.3. The highest BCUT2D eigenvalue weighted by Gasteiger charge is 2.11. The monoisotopic (exact) mass is 283 g/mol. The second kappa shape index (κ2) is 8.22. The van der Waals surface area contributed by atoms with Gasteiger partial charge in [-0.2, -0.15) is 11.8 Å². The fraction of sp³-hybridized carbons (Fsp3) is 0.692. The number of thioether (sulfide) groups is 1. The van der Waals surface area contributed by atoms with E-state index in [1.165, 1.54) is 5.75 Å². The number of rotatable bonds is 8. The van der Waals surface area contributed by atoms with E-state index in [9.17, 15) is 0 Å². The van der Waals surface area contributed by atoms with Crippen LogP contribution in [-0.2, 0) is 6.42 Å². The van der Waals surface area contributed by atoms with Crippen LogP contribution in [0, 0.1) is 6.92 Å². The van der Waals surface area contributed by atoms with Crippen molar-refractivity contribution in [2.45, 2.75) is 46.6 Å². The number of hydrogen-bond donors (Lipinski definition) is 3. The second-order valence-corrected chi connectivity index (χ2v) is 5.88. The van der Waals surface area contributed by atoms with E-state index >= 15 is 0 Å². The molecule has 0 fully saturated rings. The fourth-order valence-electron chi connectivity index (χ4n) is 1.71. The summed E-state index contributed by atoms with van der Waals surface area (Å²) in [6.45, 7) is 8.38. The summed E-state index contributed by atoms with van der Waals surface area (Å²) in [6.07, 6.45) is 1.92. The first-order chi connectivity index (χ1) is 9.12. The smallest absolute Gasteiger partial charge is 0.148 e. The summed E-state index contributed by atoms with van der Waals surface area (Å²) in [5, 5.41) is 3.46. The Balaban J connectivity index is 2.75. The molecule has 0 aliphatic carbocycles. The molecule has 1 rings (SSSR count). The van der Waals surface area contributed by atoms with Gasteiger partial charge in [0.2, 0.25) is 0 Å². The predicted molar refractivity (Wildman–Crippen MR) is 84.7 cm³/mol. The molecule has 1 aromatic heterocycles. The quantitative estimate of drug-likeness (QED) is 0.387. The van der Waals surface area contributed by atoms with E-state index in [1.54, 1.807) is 0 Å². The molecule has 0 spiro atoms. The number of nitrogens with two attached hydrogens (primary N) is 1. The third-order valence-corrected chi connectivity index (χ3v) is 3.86. The number of nitrogens with one attached hydrogen (secondary N) is 2. The molecule has 5 nitrogen and oxygen atoms in total. The fourth-order valence-corrected chi connectivity index (χ4v) is 2.52. The molecule has 0 aliphatic heterocycles. The maximum absolute atomic E-state index is 5.50. The minimum absolute atomic E-state index is 0.392. The molecule has 0 amide bonds. The molecule has 108 valence electrons. The number of aromatic nitrogens is 2. The average Bonchev–Trinajstić information content (AvgIpc) is 2.41. The van der Waals surface area contributed by atoms with Crippen molar-refractivity contribution in [3.05, 3.63) is 11.4 Å². The SMILES string of the molecule is CCSCCC(C)Nc1nc(CC)nc(NN)c1C. The lowest BCUT2D eigenvalue weighted by molar-refractivity contribution is 0.760. The van der Waals surface area contributed by atoms with E-state index in [2.05, 4.69) is 34.6 Å². The van der Waals surface area contributed by atoms with Gasteiger partial charge in [-0.15, -0.1) is 0 Å². The summed E-state index contributed by atoms with van der Waals surface area (Å²) < 4.78 is 0. The molecule has 0 bridgehead atoms. The molecule has 0 saturated heterocycles. The zero-order chi connectivity index (χ0) is 14.3. The molecule has 0 saturated carbocycles. The molecule has 1 aromatic rings. The van der Waals surface area contributed by atoms with Crippen molar-refractivity contribution >= 4 is 23.4 Å². The largest absolute Gasteiger partial charge is 0.367 e. The van der Waals surface area contributed by atoms with Crippen LogP contribution in [0.2, 0.25) is 0 Å².